The Kier molecular flexibility index (Phi) is 6.00. The van der Waals surface area contributed by atoms with E-state index in [2.05, 4.69) is 38.0 Å². The zero-order chi connectivity index (χ0) is 13.7. The summed E-state index contributed by atoms with van der Waals surface area (Å²) in [5, 5.41) is 3.49. The molecule has 3 atom stereocenters. The summed E-state index contributed by atoms with van der Waals surface area (Å²) in [4.78, 5) is 0. The summed E-state index contributed by atoms with van der Waals surface area (Å²) in [5.41, 5.74) is 0.176. The van der Waals surface area contributed by atoms with E-state index >= 15 is 0 Å². The van der Waals surface area contributed by atoms with Crippen molar-refractivity contribution in [3.63, 3.8) is 0 Å². The summed E-state index contributed by atoms with van der Waals surface area (Å²) in [7, 11) is 2.07. The molecule has 0 aliphatic carbocycles. The number of rotatable bonds is 5. The standard InChI is InChI=1S/C15H29NO2S/c1-4-17-12(2)14(16-3)13-5-8-18-15(11-13)6-9-19-10-7-15/h12-14,16H,4-11H2,1-3H3. The van der Waals surface area contributed by atoms with Crippen LogP contribution >= 0.6 is 11.8 Å². The lowest BCUT2D eigenvalue weighted by Gasteiger charge is -2.46. The van der Waals surface area contributed by atoms with Crippen molar-refractivity contribution in [3.05, 3.63) is 0 Å². The number of thioether (sulfide) groups is 1. The van der Waals surface area contributed by atoms with E-state index in [-0.39, 0.29) is 11.7 Å². The second kappa shape index (κ2) is 7.30. The van der Waals surface area contributed by atoms with E-state index in [1.807, 2.05) is 0 Å². The van der Waals surface area contributed by atoms with Crippen LogP contribution in [0.5, 0.6) is 0 Å². The molecule has 4 heteroatoms. The zero-order valence-corrected chi connectivity index (χ0v) is 13.4. The molecule has 0 saturated carbocycles. The SMILES string of the molecule is CCOC(C)C(NC)C1CCOC2(CCSCC2)C1. The minimum atomic E-state index is 0.176. The lowest BCUT2D eigenvalue weighted by atomic mass is 9.77. The van der Waals surface area contributed by atoms with Crippen molar-refractivity contribution in [2.45, 2.75) is 57.3 Å². The average Bonchev–Trinajstić information content (AvgIpc) is 2.41. The number of nitrogens with one attached hydrogen (secondary N) is 1. The summed E-state index contributed by atoms with van der Waals surface area (Å²) < 4.78 is 12.0. The van der Waals surface area contributed by atoms with Crippen molar-refractivity contribution in [3.8, 4) is 0 Å². The van der Waals surface area contributed by atoms with Crippen molar-refractivity contribution in [2.75, 3.05) is 31.8 Å². The van der Waals surface area contributed by atoms with E-state index < -0.39 is 0 Å². The molecule has 0 bridgehead atoms. The van der Waals surface area contributed by atoms with Crippen LogP contribution in [0.15, 0.2) is 0 Å². The Morgan fingerprint density at radius 2 is 2.16 bits per heavy atom. The van der Waals surface area contributed by atoms with E-state index in [0.717, 1.165) is 19.6 Å². The van der Waals surface area contributed by atoms with E-state index in [9.17, 15) is 0 Å². The third-order valence-corrected chi connectivity index (χ3v) is 5.70. The summed E-state index contributed by atoms with van der Waals surface area (Å²) in [6.07, 6.45) is 5.11. The zero-order valence-electron chi connectivity index (χ0n) is 12.6. The number of likely N-dealkylation sites (N-methyl/N-ethyl adjacent to an activating group) is 1. The van der Waals surface area contributed by atoms with Crippen LogP contribution in [0, 0.1) is 5.92 Å². The van der Waals surface area contributed by atoms with Gasteiger partial charge in [0.1, 0.15) is 0 Å². The van der Waals surface area contributed by atoms with Crippen LogP contribution < -0.4 is 5.32 Å². The van der Waals surface area contributed by atoms with Crippen molar-refractivity contribution >= 4 is 11.8 Å². The maximum atomic E-state index is 6.19. The predicted octanol–water partition coefficient (Wildman–Crippen LogP) is 2.69. The van der Waals surface area contributed by atoms with Crippen LogP contribution in [0.3, 0.4) is 0 Å². The van der Waals surface area contributed by atoms with Crippen molar-refractivity contribution in [1.29, 1.82) is 0 Å². The maximum absolute atomic E-state index is 6.19. The molecule has 0 amide bonds. The number of ether oxygens (including phenoxy) is 2. The third-order valence-electron chi connectivity index (χ3n) is 4.71. The van der Waals surface area contributed by atoms with Gasteiger partial charge in [-0.05, 0) is 64.0 Å². The molecular weight excluding hydrogens is 258 g/mol. The van der Waals surface area contributed by atoms with Gasteiger partial charge < -0.3 is 14.8 Å². The van der Waals surface area contributed by atoms with Gasteiger partial charge in [-0.2, -0.15) is 11.8 Å². The topological polar surface area (TPSA) is 30.5 Å². The molecular formula is C15H29NO2S. The lowest BCUT2D eigenvalue weighted by Crippen LogP contribution is -2.51. The van der Waals surface area contributed by atoms with Crippen LogP contribution in [-0.4, -0.2) is 49.5 Å². The highest BCUT2D eigenvalue weighted by Crippen LogP contribution is 2.41. The van der Waals surface area contributed by atoms with Gasteiger partial charge in [-0.15, -0.1) is 0 Å². The molecule has 0 radical (unpaired) electrons. The van der Waals surface area contributed by atoms with Crippen molar-refractivity contribution < 1.29 is 9.47 Å². The first kappa shape index (κ1) is 15.6. The predicted molar refractivity (Wildman–Crippen MR) is 81.9 cm³/mol. The van der Waals surface area contributed by atoms with Gasteiger partial charge in [-0.3, -0.25) is 0 Å². The molecule has 3 unspecified atom stereocenters. The van der Waals surface area contributed by atoms with E-state index in [1.165, 1.54) is 30.8 Å². The van der Waals surface area contributed by atoms with Crippen LogP contribution in [-0.2, 0) is 9.47 Å². The molecule has 0 aromatic heterocycles. The molecule has 2 saturated heterocycles. The second-order valence-electron chi connectivity index (χ2n) is 5.87. The van der Waals surface area contributed by atoms with E-state index in [1.54, 1.807) is 0 Å². The first-order valence-corrected chi connectivity index (χ1v) is 8.87. The lowest BCUT2D eigenvalue weighted by molar-refractivity contribution is -0.115. The Labute approximate surface area is 122 Å². The van der Waals surface area contributed by atoms with E-state index in [0.29, 0.717) is 12.0 Å². The molecule has 0 aromatic rings. The van der Waals surface area contributed by atoms with Crippen molar-refractivity contribution in [1.82, 2.24) is 5.32 Å². The molecule has 2 heterocycles. The Hall–Kier alpha value is 0.230. The molecule has 2 fully saturated rings. The van der Waals surface area contributed by atoms with Gasteiger partial charge in [0.15, 0.2) is 0 Å². The molecule has 1 spiro atoms. The van der Waals surface area contributed by atoms with Gasteiger partial charge in [-0.1, -0.05) is 0 Å². The number of hydrogen-bond acceptors (Lipinski definition) is 4. The molecule has 19 heavy (non-hydrogen) atoms. The minimum Gasteiger partial charge on any atom is -0.377 e. The first-order chi connectivity index (χ1) is 9.21. The van der Waals surface area contributed by atoms with Gasteiger partial charge in [0.25, 0.3) is 0 Å². The maximum Gasteiger partial charge on any atom is 0.0702 e. The fourth-order valence-corrected chi connectivity index (χ4v) is 4.92. The van der Waals surface area contributed by atoms with Gasteiger partial charge in [-0.25, -0.2) is 0 Å². The highest BCUT2D eigenvalue weighted by Gasteiger charge is 2.41. The first-order valence-electron chi connectivity index (χ1n) is 7.71. The molecule has 2 aliphatic heterocycles. The van der Waals surface area contributed by atoms with Gasteiger partial charge in [0, 0.05) is 19.3 Å². The molecule has 1 N–H and O–H groups in total. The Morgan fingerprint density at radius 1 is 1.42 bits per heavy atom. The molecule has 112 valence electrons. The number of hydrogen-bond donors (Lipinski definition) is 1. The smallest absolute Gasteiger partial charge is 0.0702 e. The monoisotopic (exact) mass is 287 g/mol. The summed E-state index contributed by atoms with van der Waals surface area (Å²) in [5.74, 6) is 3.21. The Bertz CT molecular complexity index is 263. The molecule has 0 aromatic carbocycles. The third kappa shape index (κ3) is 3.87. The highest BCUT2D eigenvalue weighted by molar-refractivity contribution is 7.99. The highest BCUT2D eigenvalue weighted by atomic mass is 32.2. The van der Waals surface area contributed by atoms with Gasteiger partial charge >= 0.3 is 0 Å². The van der Waals surface area contributed by atoms with Crippen LogP contribution in [0.2, 0.25) is 0 Å². The second-order valence-corrected chi connectivity index (χ2v) is 7.10. The molecule has 2 aliphatic rings. The largest absolute Gasteiger partial charge is 0.377 e. The molecule has 3 nitrogen and oxygen atoms in total. The summed E-state index contributed by atoms with van der Waals surface area (Å²) >= 11 is 2.07. The quantitative estimate of drug-likeness (QED) is 0.842. The van der Waals surface area contributed by atoms with Crippen molar-refractivity contribution in [2.24, 2.45) is 5.92 Å². The van der Waals surface area contributed by atoms with E-state index in [4.69, 9.17) is 9.47 Å². The fraction of sp³-hybridized carbons (Fsp3) is 1.00. The van der Waals surface area contributed by atoms with Gasteiger partial charge in [0.05, 0.1) is 11.7 Å². The minimum absolute atomic E-state index is 0.176. The van der Waals surface area contributed by atoms with Crippen LogP contribution in [0.4, 0.5) is 0 Å². The average molecular weight is 287 g/mol. The molecule has 2 rings (SSSR count). The fourth-order valence-electron chi connectivity index (χ4n) is 3.68. The van der Waals surface area contributed by atoms with Crippen LogP contribution in [0.1, 0.15) is 39.5 Å². The Balaban J connectivity index is 1.98. The van der Waals surface area contributed by atoms with Gasteiger partial charge in [0.2, 0.25) is 0 Å². The summed E-state index contributed by atoms with van der Waals surface area (Å²) in [6.45, 7) is 5.99. The normalized spacial score (nSPS) is 30.2. The Morgan fingerprint density at radius 3 is 2.79 bits per heavy atom. The van der Waals surface area contributed by atoms with Crippen LogP contribution in [0.25, 0.3) is 0 Å². The summed E-state index contributed by atoms with van der Waals surface area (Å²) in [6, 6.07) is 0.454.